The van der Waals surface area contributed by atoms with Crippen LogP contribution in [0, 0.1) is 0 Å². The maximum atomic E-state index is 5.72. The van der Waals surface area contributed by atoms with Crippen LogP contribution >= 0.6 is 11.8 Å². The van der Waals surface area contributed by atoms with Gasteiger partial charge in [0.2, 0.25) is 0 Å². The van der Waals surface area contributed by atoms with Crippen molar-refractivity contribution >= 4 is 11.8 Å². The van der Waals surface area contributed by atoms with Gasteiger partial charge < -0.3 is 5.73 Å². The fourth-order valence-electron chi connectivity index (χ4n) is 1.75. The molecule has 2 aromatic carbocycles. The van der Waals surface area contributed by atoms with Gasteiger partial charge in [0.1, 0.15) is 0 Å². The first kappa shape index (κ1) is 12.2. The molecule has 0 atom stereocenters. The maximum absolute atomic E-state index is 5.72. The molecule has 0 heterocycles. The van der Waals surface area contributed by atoms with Gasteiger partial charge in [0.25, 0.3) is 0 Å². The van der Waals surface area contributed by atoms with Crippen molar-refractivity contribution < 1.29 is 0 Å². The normalized spacial score (nSPS) is 10.4. The molecule has 2 N–H and O–H groups in total. The predicted molar refractivity (Wildman–Crippen MR) is 75.8 cm³/mol. The van der Waals surface area contributed by atoms with Crippen LogP contribution in [0.25, 0.3) is 0 Å². The van der Waals surface area contributed by atoms with E-state index in [4.69, 9.17) is 5.73 Å². The van der Waals surface area contributed by atoms with Crippen LogP contribution in [-0.2, 0) is 18.1 Å². The Hall–Kier alpha value is -1.25. The second-order valence-corrected chi connectivity index (χ2v) is 4.94. The van der Waals surface area contributed by atoms with E-state index in [0.717, 1.165) is 11.5 Å². The Morgan fingerprint density at radius 3 is 2.12 bits per heavy atom. The molecular weight excluding hydrogens is 226 g/mol. The van der Waals surface area contributed by atoms with Crippen molar-refractivity contribution in [2.45, 2.75) is 18.1 Å². The van der Waals surface area contributed by atoms with Crippen LogP contribution in [0.5, 0.6) is 0 Å². The molecule has 0 aromatic heterocycles. The zero-order valence-corrected chi connectivity index (χ0v) is 10.6. The standard InChI is InChI=1S/C15H17NS/c16-10-14-8-4-5-9-15(14)12-17-11-13-6-2-1-3-7-13/h1-9H,10-12,16H2. The summed E-state index contributed by atoms with van der Waals surface area (Å²) in [5, 5.41) is 0. The molecule has 0 aliphatic rings. The van der Waals surface area contributed by atoms with E-state index in [0.29, 0.717) is 6.54 Å². The summed E-state index contributed by atoms with van der Waals surface area (Å²) in [7, 11) is 0. The average molecular weight is 243 g/mol. The first-order chi connectivity index (χ1) is 8.40. The molecule has 0 amide bonds. The van der Waals surface area contributed by atoms with Crippen molar-refractivity contribution in [1.29, 1.82) is 0 Å². The van der Waals surface area contributed by atoms with E-state index in [9.17, 15) is 0 Å². The van der Waals surface area contributed by atoms with E-state index in [-0.39, 0.29) is 0 Å². The van der Waals surface area contributed by atoms with E-state index in [1.807, 2.05) is 17.8 Å². The van der Waals surface area contributed by atoms with Crippen molar-refractivity contribution in [3.05, 3.63) is 71.3 Å². The molecule has 0 bridgehead atoms. The lowest BCUT2D eigenvalue weighted by atomic mass is 10.1. The van der Waals surface area contributed by atoms with Gasteiger partial charge in [0.15, 0.2) is 0 Å². The lowest BCUT2D eigenvalue weighted by Gasteiger charge is -2.07. The molecule has 2 rings (SSSR count). The molecule has 0 saturated heterocycles. The zero-order chi connectivity index (χ0) is 11.9. The fourth-order valence-corrected chi connectivity index (χ4v) is 2.78. The summed E-state index contributed by atoms with van der Waals surface area (Å²) < 4.78 is 0. The SMILES string of the molecule is NCc1ccccc1CSCc1ccccc1. The Morgan fingerprint density at radius 2 is 1.41 bits per heavy atom. The summed E-state index contributed by atoms with van der Waals surface area (Å²) in [4.78, 5) is 0. The largest absolute Gasteiger partial charge is 0.326 e. The minimum Gasteiger partial charge on any atom is -0.326 e. The Balaban J connectivity index is 1.90. The smallest absolute Gasteiger partial charge is 0.0191 e. The molecule has 0 radical (unpaired) electrons. The van der Waals surface area contributed by atoms with Crippen LogP contribution in [0.15, 0.2) is 54.6 Å². The van der Waals surface area contributed by atoms with Crippen LogP contribution < -0.4 is 5.73 Å². The molecule has 0 unspecified atom stereocenters. The molecule has 2 aromatic rings. The molecule has 0 saturated carbocycles. The van der Waals surface area contributed by atoms with Crippen LogP contribution in [0.1, 0.15) is 16.7 Å². The third kappa shape index (κ3) is 3.62. The van der Waals surface area contributed by atoms with Crippen LogP contribution in [0.3, 0.4) is 0 Å². The molecule has 0 spiro atoms. The molecule has 0 aliphatic carbocycles. The van der Waals surface area contributed by atoms with E-state index >= 15 is 0 Å². The molecule has 0 fully saturated rings. The maximum Gasteiger partial charge on any atom is 0.0191 e. The molecule has 0 aliphatic heterocycles. The number of hydrogen-bond acceptors (Lipinski definition) is 2. The van der Waals surface area contributed by atoms with Crippen LogP contribution in [0.2, 0.25) is 0 Å². The van der Waals surface area contributed by atoms with Crippen LogP contribution in [-0.4, -0.2) is 0 Å². The lowest BCUT2D eigenvalue weighted by molar-refractivity contribution is 1.04. The Labute approximate surface area is 107 Å². The third-order valence-electron chi connectivity index (χ3n) is 2.71. The number of hydrogen-bond donors (Lipinski definition) is 1. The second kappa shape index (κ2) is 6.48. The summed E-state index contributed by atoms with van der Waals surface area (Å²) in [6.07, 6.45) is 0. The van der Waals surface area contributed by atoms with Crippen molar-refractivity contribution in [3.8, 4) is 0 Å². The summed E-state index contributed by atoms with van der Waals surface area (Å²) in [6.45, 7) is 0.627. The highest BCUT2D eigenvalue weighted by molar-refractivity contribution is 7.97. The molecule has 2 heteroatoms. The van der Waals surface area contributed by atoms with Gasteiger partial charge >= 0.3 is 0 Å². The highest BCUT2D eigenvalue weighted by atomic mass is 32.2. The first-order valence-corrected chi connectivity index (χ1v) is 6.94. The van der Waals surface area contributed by atoms with Gasteiger partial charge in [-0.25, -0.2) is 0 Å². The van der Waals surface area contributed by atoms with E-state index in [1.165, 1.54) is 16.7 Å². The highest BCUT2D eigenvalue weighted by Crippen LogP contribution is 2.20. The fraction of sp³-hybridized carbons (Fsp3) is 0.200. The van der Waals surface area contributed by atoms with Gasteiger partial charge in [-0.2, -0.15) is 11.8 Å². The molecule has 17 heavy (non-hydrogen) atoms. The summed E-state index contributed by atoms with van der Waals surface area (Å²) in [6, 6.07) is 19.0. The third-order valence-corrected chi connectivity index (χ3v) is 3.76. The van der Waals surface area contributed by atoms with Crippen molar-refractivity contribution in [2.24, 2.45) is 5.73 Å². The van der Waals surface area contributed by atoms with Gasteiger partial charge in [-0.05, 0) is 16.7 Å². The van der Waals surface area contributed by atoms with Gasteiger partial charge in [-0.3, -0.25) is 0 Å². The van der Waals surface area contributed by atoms with Gasteiger partial charge in [0.05, 0.1) is 0 Å². The molecular formula is C15H17NS. The van der Waals surface area contributed by atoms with Crippen molar-refractivity contribution in [2.75, 3.05) is 0 Å². The first-order valence-electron chi connectivity index (χ1n) is 5.78. The van der Waals surface area contributed by atoms with E-state index in [2.05, 4.69) is 48.5 Å². The van der Waals surface area contributed by atoms with Gasteiger partial charge in [0, 0.05) is 18.1 Å². The number of rotatable bonds is 5. The number of benzene rings is 2. The summed E-state index contributed by atoms with van der Waals surface area (Å²) >= 11 is 1.93. The minimum atomic E-state index is 0.627. The molecule has 88 valence electrons. The number of thioether (sulfide) groups is 1. The summed E-state index contributed by atoms with van der Waals surface area (Å²) in [5.74, 6) is 2.09. The van der Waals surface area contributed by atoms with Crippen molar-refractivity contribution in [1.82, 2.24) is 0 Å². The lowest BCUT2D eigenvalue weighted by Crippen LogP contribution is -2.00. The monoisotopic (exact) mass is 243 g/mol. The minimum absolute atomic E-state index is 0.627. The Bertz CT molecular complexity index is 453. The number of nitrogens with two attached hydrogens (primary N) is 1. The van der Waals surface area contributed by atoms with Crippen LogP contribution in [0.4, 0.5) is 0 Å². The molecule has 1 nitrogen and oxygen atoms in total. The topological polar surface area (TPSA) is 26.0 Å². The predicted octanol–water partition coefficient (Wildman–Crippen LogP) is 3.58. The zero-order valence-electron chi connectivity index (χ0n) is 9.80. The summed E-state index contributed by atoms with van der Waals surface area (Å²) in [5.41, 5.74) is 9.72. The Morgan fingerprint density at radius 1 is 0.765 bits per heavy atom. The van der Waals surface area contributed by atoms with Gasteiger partial charge in [-0.1, -0.05) is 54.6 Å². The second-order valence-electron chi connectivity index (χ2n) is 3.95. The van der Waals surface area contributed by atoms with Crippen molar-refractivity contribution in [3.63, 3.8) is 0 Å². The van der Waals surface area contributed by atoms with E-state index < -0.39 is 0 Å². The quantitative estimate of drug-likeness (QED) is 0.868. The average Bonchev–Trinajstić information content (AvgIpc) is 2.40. The Kier molecular flexibility index (Phi) is 4.65. The van der Waals surface area contributed by atoms with E-state index in [1.54, 1.807) is 0 Å². The van der Waals surface area contributed by atoms with Gasteiger partial charge in [-0.15, -0.1) is 0 Å². The highest BCUT2D eigenvalue weighted by Gasteiger charge is 2.00.